The zero-order valence-electron chi connectivity index (χ0n) is 16.9. The minimum absolute atomic E-state index is 0.135. The minimum atomic E-state index is -0.354. The number of pyridine rings is 1. The van der Waals surface area contributed by atoms with Gasteiger partial charge in [0, 0.05) is 43.1 Å². The summed E-state index contributed by atoms with van der Waals surface area (Å²) in [4.78, 5) is 32.7. The molecular formula is C22H18FN7O2. The van der Waals surface area contributed by atoms with Crippen molar-refractivity contribution in [2.45, 2.75) is 18.9 Å². The maximum Gasteiger partial charge on any atom is 0.247 e. The summed E-state index contributed by atoms with van der Waals surface area (Å²) in [6.07, 6.45) is 6.54. The van der Waals surface area contributed by atoms with E-state index in [1.165, 1.54) is 18.2 Å². The van der Waals surface area contributed by atoms with Crippen LogP contribution >= 0.6 is 0 Å². The molecule has 1 fully saturated rings. The van der Waals surface area contributed by atoms with Crippen molar-refractivity contribution in [1.82, 2.24) is 34.1 Å². The topological polar surface area (TPSA) is 104 Å². The number of H-pyrrole nitrogens is 1. The summed E-state index contributed by atoms with van der Waals surface area (Å²) >= 11 is 0. The summed E-state index contributed by atoms with van der Waals surface area (Å²) in [6.45, 7) is 1.30. The van der Waals surface area contributed by atoms with Crippen LogP contribution in [0.5, 0.6) is 0 Å². The van der Waals surface area contributed by atoms with Crippen LogP contribution < -0.4 is 5.56 Å². The standard InChI is InChI=1S/C22H18FN7O2/c23-14-2-3-16-18(9-14)29(12-26-16)22-25-11-17-21(28-22)30(15-5-7-32-8-6-15)20(27-17)13-1-4-19(31)24-10-13/h1-4,9-12,15H,5-8H2,(H,24,31). The number of hydrogen-bond donors (Lipinski definition) is 1. The highest BCUT2D eigenvalue weighted by Crippen LogP contribution is 2.32. The molecule has 0 saturated carbocycles. The summed E-state index contributed by atoms with van der Waals surface area (Å²) in [6, 6.07) is 7.77. The van der Waals surface area contributed by atoms with Gasteiger partial charge >= 0.3 is 0 Å². The molecule has 1 aliphatic heterocycles. The first-order chi connectivity index (χ1) is 15.7. The molecule has 0 spiro atoms. The van der Waals surface area contributed by atoms with Gasteiger partial charge in [-0.15, -0.1) is 0 Å². The van der Waals surface area contributed by atoms with Crippen LogP contribution in [0, 0.1) is 5.82 Å². The second-order valence-electron chi connectivity index (χ2n) is 7.72. The fraction of sp³-hybridized carbons (Fsp3) is 0.227. The number of imidazole rings is 2. The third-order valence-electron chi connectivity index (χ3n) is 5.74. The summed E-state index contributed by atoms with van der Waals surface area (Å²) in [5.74, 6) is 0.732. The predicted molar refractivity (Wildman–Crippen MR) is 115 cm³/mol. The van der Waals surface area contributed by atoms with Crippen molar-refractivity contribution in [3.8, 4) is 17.3 Å². The highest BCUT2D eigenvalue weighted by Gasteiger charge is 2.24. The van der Waals surface area contributed by atoms with E-state index in [0.717, 1.165) is 18.4 Å². The molecule has 0 amide bonds. The number of halogens is 1. The first kappa shape index (κ1) is 18.8. The lowest BCUT2D eigenvalue weighted by molar-refractivity contribution is 0.0708. The van der Waals surface area contributed by atoms with Gasteiger partial charge in [-0.25, -0.2) is 19.3 Å². The van der Waals surface area contributed by atoms with Crippen LogP contribution in [-0.2, 0) is 4.74 Å². The molecule has 5 aromatic rings. The number of aromatic amines is 1. The lowest BCUT2D eigenvalue weighted by Crippen LogP contribution is -2.21. The second-order valence-corrected chi connectivity index (χ2v) is 7.72. The largest absolute Gasteiger partial charge is 0.381 e. The molecule has 0 unspecified atom stereocenters. The summed E-state index contributed by atoms with van der Waals surface area (Å²) in [7, 11) is 0. The van der Waals surface area contributed by atoms with Gasteiger partial charge in [-0.2, -0.15) is 4.98 Å². The molecule has 6 rings (SSSR count). The fourth-order valence-electron chi connectivity index (χ4n) is 4.18. The van der Waals surface area contributed by atoms with Crippen LogP contribution in [0.3, 0.4) is 0 Å². The van der Waals surface area contributed by atoms with Crippen LogP contribution in [0.2, 0.25) is 0 Å². The van der Waals surface area contributed by atoms with Crippen molar-refractivity contribution in [3.05, 3.63) is 65.2 Å². The number of benzene rings is 1. The molecule has 1 saturated heterocycles. The summed E-state index contributed by atoms with van der Waals surface area (Å²) in [5.41, 5.74) is 3.15. The SMILES string of the molecule is O=c1ccc(-c2nc3cnc(-n4cnc5ccc(F)cc54)nc3n2C2CCOCC2)c[nH]1. The molecule has 32 heavy (non-hydrogen) atoms. The molecule has 0 atom stereocenters. The van der Waals surface area contributed by atoms with E-state index in [-0.39, 0.29) is 17.4 Å². The number of rotatable bonds is 3. The van der Waals surface area contributed by atoms with E-state index in [2.05, 4.69) is 19.5 Å². The van der Waals surface area contributed by atoms with Crippen molar-refractivity contribution >= 4 is 22.2 Å². The number of fused-ring (bicyclic) bond motifs is 2. The third kappa shape index (κ3) is 3.07. The Balaban J connectivity index is 1.57. The Morgan fingerprint density at radius 2 is 1.94 bits per heavy atom. The molecule has 0 aliphatic carbocycles. The number of nitrogens with zero attached hydrogens (tertiary/aromatic N) is 6. The fourth-order valence-corrected chi connectivity index (χ4v) is 4.18. The number of aromatic nitrogens is 7. The van der Waals surface area contributed by atoms with Crippen LogP contribution in [0.4, 0.5) is 4.39 Å². The molecule has 1 aliphatic rings. The third-order valence-corrected chi connectivity index (χ3v) is 5.74. The van der Waals surface area contributed by atoms with E-state index in [1.54, 1.807) is 35.4 Å². The van der Waals surface area contributed by atoms with E-state index in [0.29, 0.717) is 47.2 Å². The van der Waals surface area contributed by atoms with E-state index in [1.807, 2.05) is 0 Å². The Labute approximate surface area is 180 Å². The maximum atomic E-state index is 13.9. The normalized spacial score (nSPS) is 15.0. The van der Waals surface area contributed by atoms with Crippen LogP contribution in [-0.4, -0.2) is 47.3 Å². The average molecular weight is 431 g/mol. The van der Waals surface area contributed by atoms with Crippen molar-refractivity contribution < 1.29 is 9.13 Å². The Bertz CT molecular complexity index is 1490. The van der Waals surface area contributed by atoms with Gasteiger partial charge in [0.05, 0.1) is 17.2 Å². The molecular weight excluding hydrogens is 413 g/mol. The zero-order chi connectivity index (χ0) is 21.7. The lowest BCUT2D eigenvalue weighted by Gasteiger charge is -2.25. The molecule has 4 aromatic heterocycles. The van der Waals surface area contributed by atoms with Gasteiger partial charge in [0.1, 0.15) is 23.5 Å². The van der Waals surface area contributed by atoms with Gasteiger partial charge in [-0.05, 0) is 31.0 Å². The van der Waals surface area contributed by atoms with Gasteiger partial charge in [0.15, 0.2) is 5.65 Å². The maximum absolute atomic E-state index is 13.9. The van der Waals surface area contributed by atoms with Crippen molar-refractivity contribution in [1.29, 1.82) is 0 Å². The molecule has 1 aromatic carbocycles. The smallest absolute Gasteiger partial charge is 0.247 e. The Morgan fingerprint density at radius 1 is 1.06 bits per heavy atom. The zero-order valence-corrected chi connectivity index (χ0v) is 16.9. The predicted octanol–water partition coefficient (Wildman–Crippen LogP) is 3.01. The number of nitrogens with one attached hydrogen (secondary N) is 1. The van der Waals surface area contributed by atoms with Crippen LogP contribution in [0.1, 0.15) is 18.9 Å². The van der Waals surface area contributed by atoms with E-state index < -0.39 is 0 Å². The Kier molecular flexibility index (Phi) is 4.32. The van der Waals surface area contributed by atoms with Gasteiger partial charge in [0.25, 0.3) is 0 Å². The van der Waals surface area contributed by atoms with Gasteiger partial charge < -0.3 is 14.3 Å². The summed E-state index contributed by atoms with van der Waals surface area (Å²) in [5, 5.41) is 0. The molecule has 10 heteroatoms. The van der Waals surface area contributed by atoms with Gasteiger partial charge in [-0.3, -0.25) is 9.36 Å². The average Bonchev–Trinajstić information content (AvgIpc) is 3.41. The van der Waals surface area contributed by atoms with Crippen LogP contribution in [0.25, 0.3) is 39.5 Å². The van der Waals surface area contributed by atoms with Crippen LogP contribution in [0.15, 0.2) is 53.8 Å². The molecule has 0 radical (unpaired) electrons. The first-order valence-corrected chi connectivity index (χ1v) is 10.3. The Hall–Kier alpha value is -3.92. The molecule has 1 N–H and O–H groups in total. The van der Waals surface area contributed by atoms with Gasteiger partial charge in [0.2, 0.25) is 11.5 Å². The molecule has 9 nitrogen and oxygen atoms in total. The highest BCUT2D eigenvalue weighted by molar-refractivity contribution is 5.79. The lowest BCUT2D eigenvalue weighted by atomic mass is 10.1. The number of hydrogen-bond acceptors (Lipinski definition) is 6. The molecule has 0 bridgehead atoms. The van der Waals surface area contributed by atoms with Crippen molar-refractivity contribution in [3.63, 3.8) is 0 Å². The molecule has 5 heterocycles. The van der Waals surface area contributed by atoms with Crippen molar-refractivity contribution in [2.24, 2.45) is 0 Å². The second kappa shape index (κ2) is 7.34. The van der Waals surface area contributed by atoms with E-state index in [9.17, 15) is 9.18 Å². The van der Waals surface area contributed by atoms with E-state index >= 15 is 0 Å². The number of ether oxygens (including phenoxy) is 1. The highest BCUT2D eigenvalue weighted by atomic mass is 19.1. The quantitative estimate of drug-likeness (QED) is 0.471. The Morgan fingerprint density at radius 3 is 2.75 bits per heavy atom. The monoisotopic (exact) mass is 431 g/mol. The van der Waals surface area contributed by atoms with E-state index in [4.69, 9.17) is 14.7 Å². The van der Waals surface area contributed by atoms with Crippen molar-refractivity contribution in [2.75, 3.05) is 13.2 Å². The first-order valence-electron chi connectivity index (χ1n) is 10.3. The summed E-state index contributed by atoms with van der Waals surface area (Å²) < 4.78 is 23.2. The van der Waals surface area contributed by atoms with Gasteiger partial charge in [-0.1, -0.05) is 0 Å². The molecule has 160 valence electrons. The minimum Gasteiger partial charge on any atom is -0.381 e.